The van der Waals surface area contributed by atoms with E-state index in [0.717, 1.165) is 16.3 Å². The van der Waals surface area contributed by atoms with Crippen LogP contribution < -0.4 is 19.7 Å². The van der Waals surface area contributed by atoms with E-state index in [1.165, 1.54) is 11.3 Å². The van der Waals surface area contributed by atoms with Gasteiger partial charge >= 0.3 is 0 Å². The molecule has 1 aromatic heterocycles. The Hall–Kier alpha value is -3.46. The van der Waals surface area contributed by atoms with Gasteiger partial charge in [-0.25, -0.2) is 0 Å². The first-order chi connectivity index (χ1) is 16.0. The average molecular weight is 467 g/mol. The Balaban J connectivity index is 1.45. The molecule has 33 heavy (non-hydrogen) atoms. The second-order valence-corrected chi connectivity index (χ2v) is 8.63. The molecule has 2 heterocycles. The van der Waals surface area contributed by atoms with Crippen molar-refractivity contribution in [1.29, 1.82) is 0 Å². The van der Waals surface area contributed by atoms with Gasteiger partial charge in [-0.1, -0.05) is 29.5 Å². The highest BCUT2D eigenvalue weighted by Crippen LogP contribution is 2.35. The second kappa shape index (κ2) is 9.99. The number of benzene rings is 2. The summed E-state index contributed by atoms with van der Waals surface area (Å²) in [5.41, 5.74) is 2.41. The molecule has 3 aromatic rings. The van der Waals surface area contributed by atoms with Crippen LogP contribution in [-0.2, 0) is 4.79 Å². The predicted octanol–water partition coefficient (Wildman–Crippen LogP) is 4.42. The summed E-state index contributed by atoms with van der Waals surface area (Å²) < 4.78 is 11.2. The number of carbonyl (C=O) groups excluding carboxylic acids is 2. The van der Waals surface area contributed by atoms with Crippen molar-refractivity contribution >= 4 is 34.0 Å². The van der Waals surface area contributed by atoms with E-state index in [4.69, 9.17) is 9.47 Å². The molecule has 2 amide bonds. The van der Waals surface area contributed by atoms with Gasteiger partial charge in [-0.05, 0) is 50.6 Å². The molecule has 0 spiro atoms. The van der Waals surface area contributed by atoms with Crippen molar-refractivity contribution in [3.63, 3.8) is 0 Å². The smallest absolute Gasteiger partial charge is 0.257 e. The number of hydrogen-bond acceptors (Lipinski definition) is 7. The van der Waals surface area contributed by atoms with E-state index in [1.54, 1.807) is 23.1 Å². The molecule has 4 rings (SSSR count). The van der Waals surface area contributed by atoms with Crippen molar-refractivity contribution in [1.82, 2.24) is 10.2 Å². The maximum absolute atomic E-state index is 12.8. The van der Waals surface area contributed by atoms with Gasteiger partial charge in [-0.2, -0.15) is 0 Å². The summed E-state index contributed by atoms with van der Waals surface area (Å²) >= 11 is 1.29. The van der Waals surface area contributed by atoms with Gasteiger partial charge in [0.05, 0.1) is 13.2 Å². The molecule has 0 bridgehead atoms. The van der Waals surface area contributed by atoms with E-state index in [1.807, 2.05) is 45.0 Å². The number of para-hydroxylation sites is 1. The van der Waals surface area contributed by atoms with Crippen LogP contribution in [0.2, 0.25) is 0 Å². The SMILES string of the molecule is CCOc1ccc(C(=O)Nc2nnc(C3CC(=O)N(c4ccccc4C)C3)s2)cc1OCC. The van der Waals surface area contributed by atoms with Gasteiger partial charge in [-0.3, -0.25) is 14.9 Å². The van der Waals surface area contributed by atoms with E-state index < -0.39 is 0 Å². The van der Waals surface area contributed by atoms with Gasteiger partial charge in [0.15, 0.2) is 11.5 Å². The summed E-state index contributed by atoms with van der Waals surface area (Å²) in [6.07, 6.45) is 0.369. The summed E-state index contributed by atoms with van der Waals surface area (Å²) in [6.45, 7) is 7.27. The van der Waals surface area contributed by atoms with Crippen LogP contribution in [0.1, 0.15) is 47.1 Å². The molecule has 172 valence electrons. The standard InChI is InChI=1S/C24H26N4O4S/c1-4-31-19-11-10-16(12-20(19)32-5-2)22(30)25-24-27-26-23(33-24)17-13-21(29)28(14-17)18-9-7-6-8-15(18)3/h6-12,17H,4-5,13-14H2,1-3H3,(H,25,27,30). The first kappa shape index (κ1) is 22.7. The number of nitrogens with one attached hydrogen (secondary N) is 1. The van der Waals surface area contributed by atoms with E-state index in [0.29, 0.717) is 48.4 Å². The van der Waals surface area contributed by atoms with Gasteiger partial charge < -0.3 is 14.4 Å². The number of hydrogen-bond donors (Lipinski definition) is 1. The topological polar surface area (TPSA) is 93.7 Å². The Kier molecular flexibility index (Phi) is 6.88. The summed E-state index contributed by atoms with van der Waals surface area (Å²) in [6, 6.07) is 12.9. The van der Waals surface area contributed by atoms with Crippen LogP contribution in [0.4, 0.5) is 10.8 Å². The van der Waals surface area contributed by atoms with Crippen molar-refractivity contribution < 1.29 is 19.1 Å². The molecule has 0 saturated carbocycles. The molecule has 1 aliphatic rings. The summed E-state index contributed by atoms with van der Waals surface area (Å²) in [5, 5.41) is 12.3. The fourth-order valence-electron chi connectivity index (χ4n) is 3.78. The quantitative estimate of drug-likeness (QED) is 0.528. The van der Waals surface area contributed by atoms with Crippen molar-refractivity contribution in [2.75, 3.05) is 30.0 Å². The maximum Gasteiger partial charge on any atom is 0.257 e. The Bertz CT molecular complexity index is 1160. The first-order valence-electron chi connectivity index (χ1n) is 10.9. The third-order valence-electron chi connectivity index (χ3n) is 5.35. The van der Waals surface area contributed by atoms with Crippen LogP contribution in [0, 0.1) is 6.92 Å². The van der Waals surface area contributed by atoms with Gasteiger partial charge in [-0.15, -0.1) is 10.2 Å². The molecule has 1 N–H and O–H groups in total. The van der Waals surface area contributed by atoms with Gasteiger partial charge in [0.1, 0.15) is 5.01 Å². The lowest BCUT2D eigenvalue weighted by atomic mass is 10.1. The van der Waals surface area contributed by atoms with Crippen molar-refractivity contribution in [2.24, 2.45) is 0 Å². The lowest BCUT2D eigenvalue weighted by molar-refractivity contribution is -0.117. The van der Waals surface area contributed by atoms with Gasteiger partial charge in [0, 0.05) is 30.1 Å². The fourth-order valence-corrected chi connectivity index (χ4v) is 4.61. The van der Waals surface area contributed by atoms with Gasteiger partial charge in [0.2, 0.25) is 11.0 Å². The largest absolute Gasteiger partial charge is 0.490 e. The molecule has 0 radical (unpaired) electrons. The normalized spacial score (nSPS) is 15.5. The number of amides is 2. The van der Waals surface area contributed by atoms with E-state index in [-0.39, 0.29) is 17.7 Å². The minimum absolute atomic E-state index is 0.0599. The van der Waals surface area contributed by atoms with Crippen molar-refractivity contribution in [3.05, 3.63) is 58.6 Å². The zero-order valence-electron chi connectivity index (χ0n) is 18.8. The molecule has 1 saturated heterocycles. The minimum Gasteiger partial charge on any atom is -0.490 e. The molecular weight excluding hydrogens is 440 g/mol. The molecular formula is C24H26N4O4S. The van der Waals surface area contributed by atoms with E-state index >= 15 is 0 Å². The first-order valence-corrected chi connectivity index (χ1v) is 11.7. The number of nitrogens with zero attached hydrogens (tertiary/aromatic N) is 3. The highest BCUT2D eigenvalue weighted by atomic mass is 32.1. The Morgan fingerprint density at radius 1 is 1.12 bits per heavy atom. The highest BCUT2D eigenvalue weighted by Gasteiger charge is 2.34. The summed E-state index contributed by atoms with van der Waals surface area (Å²) in [4.78, 5) is 27.2. The number of aryl methyl sites for hydroxylation is 1. The summed E-state index contributed by atoms with van der Waals surface area (Å²) in [7, 11) is 0. The molecule has 0 aliphatic carbocycles. The average Bonchev–Trinajstić information content (AvgIpc) is 3.42. The number of ether oxygens (including phenoxy) is 2. The fraction of sp³-hybridized carbons (Fsp3) is 0.333. The van der Waals surface area contributed by atoms with Crippen LogP contribution in [0.5, 0.6) is 11.5 Å². The third kappa shape index (κ3) is 4.98. The van der Waals surface area contributed by atoms with Crippen molar-refractivity contribution in [2.45, 2.75) is 33.1 Å². The number of rotatable bonds is 8. The monoisotopic (exact) mass is 466 g/mol. The molecule has 2 aromatic carbocycles. The highest BCUT2D eigenvalue weighted by molar-refractivity contribution is 7.15. The molecule has 1 atom stereocenters. The number of carbonyl (C=O) groups is 2. The minimum atomic E-state index is -0.314. The molecule has 1 fully saturated rings. The number of anilines is 2. The Morgan fingerprint density at radius 2 is 1.88 bits per heavy atom. The van der Waals surface area contributed by atoms with Gasteiger partial charge in [0.25, 0.3) is 5.91 Å². The third-order valence-corrected chi connectivity index (χ3v) is 6.35. The zero-order chi connectivity index (χ0) is 23.4. The molecule has 8 nitrogen and oxygen atoms in total. The zero-order valence-corrected chi connectivity index (χ0v) is 19.6. The lowest BCUT2D eigenvalue weighted by Crippen LogP contribution is -2.25. The molecule has 1 unspecified atom stereocenters. The van der Waals surface area contributed by atoms with Crippen LogP contribution in [-0.4, -0.2) is 41.8 Å². The van der Waals surface area contributed by atoms with E-state index in [9.17, 15) is 9.59 Å². The molecule has 1 aliphatic heterocycles. The summed E-state index contributed by atoms with van der Waals surface area (Å²) in [5.74, 6) is 0.804. The van der Waals surface area contributed by atoms with Crippen LogP contribution in [0.15, 0.2) is 42.5 Å². The lowest BCUT2D eigenvalue weighted by Gasteiger charge is -2.18. The van der Waals surface area contributed by atoms with Crippen LogP contribution >= 0.6 is 11.3 Å². The van der Waals surface area contributed by atoms with E-state index in [2.05, 4.69) is 15.5 Å². The predicted molar refractivity (Wildman–Crippen MR) is 128 cm³/mol. The maximum atomic E-state index is 12.8. The van der Waals surface area contributed by atoms with Crippen LogP contribution in [0.25, 0.3) is 0 Å². The van der Waals surface area contributed by atoms with Crippen LogP contribution in [0.3, 0.4) is 0 Å². The Morgan fingerprint density at radius 3 is 2.64 bits per heavy atom. The Labute approximate surface area is 196 Å². The molecule has 9 heteroatoms. The second-order valence-electron chi connectivity index (χ2n) is 7.62. The van der Waals surface area contributed by atoms with Crippen molar-refractivity contribution in [3.8, 4) is 11.5 Å². The number of aromatic nitrogens is 2.